The van der Waals surface area contributed by atoms with Crippen LogP contribution in [0.25, 0.3) is 10.8 Å². The van der Waals surface area contributed by atoms with Crippen molar-refractivity contribution in [3.63, 3.8) is 0 Å². The van der Waals surface area contributed by atoms with Crippen molar-refractivity contribution in [3.8, 4) is 5.75 Å². The summed E-state index contributed by atoms with van der Waals surface area (Å²) >= 11 is 0. The molecule has 0 radical (unpaired) electrons. The molecular formula is C17H22NO+. The number of hydrogen-bond donors (Lipinski definition) is 2. The van der Waals surface area contributed by atoms with Crippen LogP contribution in [0, 0.1) is 0 Å². The number of likely N-dealkylation sites (tertiary alicyclic amines) is 1. The third-order valence-electron chi connectivity index (χ3n) is 4.50. The van der Waals surface area contributed by atoms with Crippen LogP contribution >= 0.6 is 0 Å². The molecule has 0 aromatic heterocycles. The van der Waals surface area contributed by atoms with Gasteiger partial charge in [0, 0.05) is 0 Å². The van der Waals surface area contributed by atoms with Gasteiger partial charge in [-0.1, -0.05) is 30.3 Å². The van der Waals surface area contributed by atoms with Crippen LogP contribution in [0.1, 0.15) is 31.7 Å². The number of phenolic OH excluding ortho intramolecular Hbond substituents is 1. The maximum absolute atomic E-state index is 10.2. The molecule has 2 nitrogen and oxygen atoms in total. The number of rotatable bonds is 2. The fourth-order valence-electron chi connectivity index (χ4n) is 3.25. The zero-order valence-corrected chi connectivity index (χ0v) is 11.5. The molecule has 2 atom stereocenters. The van der Waals surface area contributed by atoms with Crippen molar-refractivity contribution in [3.05, 3.63) is 42.0 Å². The summed E-state index contributed by atoms with van der Waals surface area (Å²) in [5.74, 6) is 0.448. The fraction of sp³-hybridized carbons (Fsp3) is 0.412. The summed E-state index contributed by atoms with van der Waals surface area (Å²) < 4.78 is 0. The highest BCUT2D eigenvalue weighted by atomic mass is 16.3. The van der Waals surface area contributed by atoms with Crippen LogP contribution in [0.5, 0.6) is 5.75 Å². The molecular weight excluding hydrogens is 234 g/mol. The summed E-state index contributed by atoms with van der Waals surface area (Å²) in [6.07, 6.45) is 3.97. The quantitative estimate of drug-likeness (QED) is 0.848. The second-order valence-corrected chi connectivity index (χ2v) is 5.77. The van der Waals surface area contributed by atoms with Crippen LogP contribution in [0.3, 0.4) is 0 Å². The second-order valence-electron chi connectivity index (χ2n) is 5.77. The van der Waals surface area contributed by atoms with Crippen LogP contribution in [0.15, 0.2) is 36.4 Å². The fourth-order valence-corrected chi connectivity index (χ4v) is 3.25. The lowest BCUT2D eigenvalue weighted by Crippen LogP contribution is -3.14. The van der Waals surface area contributed by atoms with Crippen LogP contribution in [0.2, 0.25) is 0 Å². The molecule has 2 aromatic rings. The summed E-state index contributed by atoms with van der Waals surface area (Å²) in [7, 11) is 0. The number of quaternary nitrogens is 1. The molecule has 0 amide bonds. The van der Waals surface area contributed by atoms with E-state index in [1.165, 1.54) is 36.6 Å². The van der Waals surface area contributed by atoms with Crippen molar-refractivity contribution in [2.75, 3.05) is 6.54 Å². The maximum atomic E-state index is 10.2. The van der Waals surface area contributed by atoms with Gasteiger partial charge in [-0.15, -0.1) is 0 Å². The second kappa shape index (κ2) is 5.22. The normalized spacial score (nSPS) is 23.6. The Morgan fingerprint density at radius 2 is 2.00 bits per heavy atom. The molecule has 1 aliphatic heterocycles. The van der Waals surface area contributed by atoms with E-state index in [9.17, 15) is 5.11 Å². The van der Waals surface area contributed by atoms with E-state index in [0.717, 1.165) is 12.1 Å². The lowest BCUT2D eigenvalue weighted by Gasteiger charge is -2.30. The Hall–Kier alpha value is -1.54. The molecule has 3 rings (SSSR count). The van der Waals surface area contributed by atoms with E-state index in [1.807, 2.05) is 12.1 Å². The van der Waals surface area contributed by atoms with E-state index >= 15 is 0 Å². The van der Waals surface area contributed by atoms with Gasteiger partial charge in [-0.25, -0.2) is 0 Å². The number of fused-ring (bicyclic) bond motifs is 1. The average Bonchev–Trinajstić information content (AvgIpc) is 2.44. The first-order valence-electron chi connectivity index (χ1n) is 7.30. The smallest absolute Gasteiger partial charge is 0.125 e. The predicted octanol–water partition coefficient (Wildman–Crippen LogP) is 2.50. The topological polar surface area (TPSA) is 24.7 Å². The van der Waals surface area contributed by atoms with Gasteiger partial charge in [0.1, 0.15) is 12.3 Å². The van der Waals surface area contributed by atoms with Gasteiger partial charge in [0.25, 0.3) is 0 Å². The van der Waals surface area contributed by atoms with Gasteiger partial charge in [0.05, 0.1) is 18.2 Å². The van der Waals surface area contributed by atoms with Gasteiger partial charge in [0.15, 0.2) is 0 Å². The number of piperidine rings is 1. The molecule has 1 unspecified atom stereocenters. The molecule has 100 valence electrons. The van der Waals surface area contributed by atoms with Crippen molar-refractivity contribution >= 4 is 10.8 Å². The largest absolute Gasteiger partial charge is 0.507 e. The zero-order chi connectivity index (χ0) is 13.2. The molecule has 1 fully saturated rings. The highest BCUT2D eigenvalue weighted by Gasteiger charge is 2.23. The van der Waals surface area contributed by atoms with Crippen molar-refractivity contribution in [2.24, 2.45) is 0 Å². The Balaban J connectivity index is 1.97. The minimum Gasteiger partial charge on any atom is -0.507 e. The van der Waals surface area contributed by atoms with Crippen LogP contribution < -0.4 is 4.90 Å². The minimum absolute atomic E-state index is 0.448. The van der Waals surface area contributed by atoms with Crippen LogP contribution in [-0.4, -0.2) is 17.7 Å². The molecule has 1 aliphatic rings. The monoisotopic (exact) mass is 256 g/mol. The SMILES string of the molecule is C[C@@H]1CCCC[NH+]1Cc1c(O)ccc2ccccc12. The van der Waals surface area contributed by atoms with E-state index in [1.54, 1.807) is 4.90 Å². The van der Waals surface area contributed by atoms with Crippen LogP contribution in [-0.2, 0) is 6.54 Å². The van der Waals surface area contributed by atoms with Gasteiger partial charge < -0.3 is 10.0 Å². The number of benzene rings is 2. The molecule has 2 heteroatoms. The van der Waals surface area contributed by atoms with Crippen molar-refractivity contribution in [1.29, 1.82) is 0 Å². The Labute approximate surface area is 114 Å². The highest BCUT2D eigenvalue weighted by Crippen LogP contribution is 2.26. The average molecular weight is 256 g/mol. The molecule has 19 heavy (non-hydrogen) atoms. The first-order chi connectivity index (χ1) is 9.25. The lowest BCUT2D eigenvalue weighted by atomic mass is 9.99. The molecule has 2 N–H and O–H groups in total. The molecule has 0 bridgehead atoms. The number of aromatic hydroxyl groups is 1. The van der Waals surface area contributed by atoms with E-state index in [4.69, 9.17) is 0 Å². The van der Waals surface area contributed by atoms with E-state index < -0.39 is 0 Å². The Kier molecular flexibility index (Phi) is 3.43. The van der Waals surface area contributed by atoms with E-state index in [0.29, 0.717) is 11.8 Å². The van der Waals surface area contributed by atoms with Gasteiger partial charge in [-0.3, -0.25) is 0 Å². The summed E-state index contributed by atoms with van der Waals surface area (Å²) in [5, 5.41) is 12.6. The molecule has 0 aliphatic carbocycles. The lowest BCUT2D eigenvalue weighted by molar-refractivity contribution is -0.941. The minimum atomic E-state index is 0.448. The zero-order valence-electron chi connectivity index (χ0n) is 11.5. The molecule has 1 saturated heterocycles. The molecule has 1 heterocycles. The maximum Gasteiger partial charge on any atom is 0.125 e. The standard InChI is InChI=1S/C17H21NO/c1-13-6-4-5-11-18(13)12-16-15-8-3-2-7-14(15)9-10-17(16)19/h2-3,7-10,13,19H,4-6,11-12H2,1H3/p+1/t13-/m1/s1. The molecule has 2 aromatic carbocycles. The first-order valence-corrected chi connectivity index (χ1v) is 7.30. The molecule has 0 spiro atoms. The van der Waals surface area contributed by atoms with Gasteiger partial charge in [0.2, 0.25) is 0 Å². The van der Waals surface area contributed by atoms with Crippen LogP contribution in [0.4, 0.5) is 0 Å². The Morgan fingerprint density at radius 3 is 2.84 bits per heavy atom. The van der Waals surface area contributed by atoms with E-state index in [2.05, 4.69) is 31.2 Å². The third-order valence-corrected chi connectivity index (χ3v) is 4.50. The predicted molar refractivity (Wildman–Crippen MR) is 78.5 cm³/mol. The first kappa shape index (κ1) is 12.5. The van der Waals surface area contributed by atoms with Crippen molar-refractivity contribution in [2.45, 2.75) is 38.8 Å². The third kappa shape index (κ3) is 2.45. The Bertz CT molecular complexity index is 578. The summed E-state index contributed by atoms with van der Waals surface area (Å²) in [4.78, 5) is 1.61. The van der Waals surface area contributed by atoms with Crippen molar-refractivity contribution < 1.29 is 10.0 Å². The number of hydrogen-bond acceptors (Lipinski definition) is 1. The summed E-state index contributed by atoms with van der Waals surface area (Å²) in [6.45, 7) is 4.49. The van der Waals surface area contributed by atoms with Gasteiger partial charge in [-0.05, 0) is 43.0 Å². The summed E-state index contributed by atoms with van der Waals surface area (Å²) in [6, 6.07) is 12.9. The Morgan fingerprint density at radius 1 is 1.16 bits per heavy atom. The van der Waals surface area contributed by atoms with E-state index in [-0.39, 0.29) is 0 Å². The highest BCUT2D eigenvalue weighted by molar-refractivity contribution is 5.87. The van der Waals surface area contributed by atoms with Gasteiger partial charge in [-0.2, -0.15) is 0 Å². The van der Waals surface area contributed by atoms with Gasteiger partial charge >= 0.3 is 0 Å². The summed E-state index contributed by atoms with van der Waals surface area (Å²) in [5.41, 5.74) is 1.11. The number of phenols is 1. The van der Waals surface area contributed by atoms with Crippen molar-refractivity contribution in [1.82, 2.24) is 0 Å². The number of nitrogens with one attached hydrogen (secondary N) is 1. The molecule has 0 saturated carbocycles.